The third kappa shape index (κ3) is 2.15. The second kappa shape index (κ2) is 4.89. The summed E-state index contributed by atoms with van der Waals surface area (Å²) in [4.78, 5) is 4.48. The van der Waals surface area contributed by atoms with Crippen LogP contribution in [0.1, 0.15) is 37.5 Å². The molecule has 3 heterocycles. The minimum atomic E-state index is 0.221. The van der Waals surface area contributed by atoms with Crippen LogP contribution >= 0.6 is 0 Å². The molecule has 1 fully saturated rings. The largest absolute Gasteiger partial charge is 0.332 e. The minimum absolute atomic E-state index is 0.221. The van der Waals surface area contributed by atoms with Crippen LogP contribution in [0.2, 0.25) is 0 Å². The van der Waals surface area contributed by atoms with E-state index in [4.69, 9.17) is 4.52 Å². The second-order valence-corrected chi connectivity index (χ2v) is 4.65. The van der Waals surface area contributed by atoms with Gasteiger partial charge in [-0.05, 0) is 25.5 Å². The molecule has 1 aliphatic heterocycles. The van der Waals surface area contributed by atoms with Crippen LogP contribution in [-0.2, 0) is 7.05 Å². The zero-order chi connectivity index (χ0) is 12.4. The normalized spacial score (nSPS) is 20.8. The van der Waals surface area contributed by atoms with E-state index >= 15 is 0 Å². The smallest absolute Gasteiger partial charge is 0.276 e. The van der Waals surface area contributed by atoms with Gasteiger partial charge < -0.3 is 9.84 Å². The number of aromatic nitrogens is 4. The van der Waals surface area contributed by atoms with E-state index in [2.05, 4.69) is 20.6 Å². The Morgan fingerprint density at radius 3 is 3.17 bits per heavy atom. The lowest BCUT2D eigenvalue weighted by Gasteiger charge is -2.09. The molecule has 1 unspecified atom stereocenters. The van der Waals surface area contributed by atoms with E-state index in [0.29, 0.717) is 5.89 Å². The lowest BCUT2D eigenvalue weighted by atomic mass is 10.1. The Morgan fingerprint density at radius 1 is 1.39 bits per heavy atom. The van der Waals surface area contributed by atoms with Crippen molar-refractivity contribution in [1.29, 1.82) is 0 Å². The first-order valence-corrected chi connectivity index (χ1v) is 6.40. The molecule has 2 aromatic rings. The third-order valence-corrected chi connectivity index (χ3v) is 3.35. The topological polar surface area (TPSA) is 68.8 Å². The van der Waals surface area contributed by atoms with Crippen LogP contribution in [0.25, 0.3) is 11.6 Å². The molecule has 1 aliphatic rings. The Balaban J connectivity index is 1.82. The van der Waals surface area contributed by atoms with E-state index in [1.807, 2.05) is 13.1 Å². The van der Waals surface area contributed by atoms with E-state index in [9.17, 15) is 0 Å². The predicted molar refractivity (Wildman–Crippen MR) is 65.7 cm³/mol. The molecule has 1 N–H and O–H groups in total. The van der Waals surface area contributed by atoms with Crippen molar-refractivity contribution in [3.8, 4) is 11.6 Å². The minimum Gasteiger partial charge on any atom is -0.332 e. The molecule has 6 heteroatoms. The van der Waals surface area contributed by atoms with Gasteiger partial charge in [0, 0.05) is 13.2 Å². The van der Waals surface area contributed by atoms with Gasteiger partial charge in [0.1, 0.15) is 5.69 Å². The molecule has 0 aromatic carbocycles. The van der Waals surface area contributed by atoms with Crippen LogP contribution in [0.15, 0.2) is 16.8 Å². The Bertz CT molecular complexity index is 510. The van der Waals surface area contributed by atoms with Gasteiger partial charge in [-0.3, -0.25) is 4.68 Å². The van der Waals surface area contributed by atoms with Crippen LogP contribution in [0, 0.1) is 0 Å². The Kier molecular flexibility index (Phi) is 3.10. The van der Waals surface area contributed by atoms with Gasteiger partial charge in [-0.1, -0.05) is 18.0 Å². The summed E-state index contributed by atoms with van der Waals surface area (Å²) >= 11 is 0. The second-order valence-electron chi connectivity index (χ2n) is 4.65. The van der Waals surface area contributed by atoms with Crippen LogP contribution in [0.4, 0.5) is 0 Å². The highest BCUT2D eigenvalue weighted by molar-refractivity contribution is 5.45. The maximum absolute atomic E-state index is 5.32. The van der Waals surface area contributed by atoms with Crippen LogP contribution in [0.3, 0.4) is 0 Å². The molecule has 0 bridgehead atoms. The highest BCUT2D eigenvalue weighted by Crippen LogP contribution is 2.23. The number of hydrogen-bond acceptors (Lipinski definition) is 5. The molecular weight excluding hydrogens is 230 g/mol. The van der Waals surface area contributed by atoms with Gasteiger partial charge in [0.2, 0.25) is 0 Å². The van der Waals surface area contributed by atoms with E-state index in [1.54, 1.807) is 10.9 Å². The maximum Gasteiger partial charge on any atom is 0.276 e. The van der Waals surface area contributed by atoms with Gasteiger partial charge in [-0.25, -0.2) is 0 Å². The van der Waals surface area contributed by atoms with Gasteiger partial charge >= 0.3 is 0 Å². The molecule has 1 atom stereocenters. The SMILES string of the molecule is Cn1nccc1-c1nc(C2CCCCCN2)no1. The number of hydrogen-bond donors (Lipinski definition) is 1. The molecule has 3 rings (SSSR count). The summed E-state index contributed by atoms with van der Waals surface area (Å²) in [6, 6.07) is 2.09. The molecule has 6 nitrogen and oxygen atoms in total. The first-order valence-electron chi connectivity index (χ1n) is 6.40. The quantitative estimate of drug-likeness (QED) is 0.874. The maximum atomic E-state index is 5.32. The summed E-state index contributed by atoms with van der Waals surface area (Å²) in [5.74, 6) is 1.30. The molecule has 0 amide bonds. The standard InChI is InChI=1S/C12H17N5O/c1-17-10(6-8-14-17)12-15-11(16-18-12)9-5-3-2-4-7-13-9/h6,8-9,13H,2-5,7H2,1H3. The fourth-order valence-electron chi connectivity index (χ4n) is 2.31. The van der Waals surface area contributed by atoms with Crippen molar-refractivity contribution in [2.75, 3.05) is 6.54 Å². The lowest BCUT2D eigenvalue weighted by Crippen LogP contribution is -2.21. The highest BCUT2D eigenvalue weighted by Gasteiger charge is 2.20. The highest BCUT2D eigenvalue weighted by atomic mass is 16.5. The number of nitrogens with one attached hydrogen (secondary N) is 1. The lowest BCUT2D eigenvalue weighted by molar-refractivity contribution is 0.400. The zero-order valence-corrected chi connectivity index (χ0v) is 10.5. The van der Waals surface area contributed by atoms with Gasteiger partial charge in [-0.2, -0.15) is 10.1 Å². The number of rotatable bonds is 2. The van der Waals surface area contributed by atoms with Gasteiger partial charge in [0.15, 0.2) is 5.82 Å². The van der Waals surface area contributed by atoms with Crippen molar-refractivity contribution in [2.45, 2.75) is 31.7 Å². The first-order chi connectivity index (χ1) is 8.84. The fraction of sp³-hybridized carbons (Fsp3) is 0.583. The number of nitrogens with zero attached hydrogens (tertiary/aromatic N) is 4. The Labute approximate surface area is 105 Å². The van der Waals surface area contributed by atoms with Crippen LogP contribution in [0.5, 0.6) is 0 Å². The van der Waals surface area contributed by atoms with Crippen molar-refractivity contribution in [2.24, 2.45) is 7.05 Å². The number of aryl methyl sites for hydroxylation is 1. The summed E-state index contributed by atoms with van der Waals surface area (Å²) in [6.07, 6.45) is 6.51. The zero-order valence-electron chi connectivity index (χ0n) is 10.5. The van der Waals surface area contributed by atoms with Crippen molar-refractivity contribution in [3.05, 3.63) is 18.1 Å². The van der Waals surface area contributed by atoms with Crippen molar-refractivity contribution < 1.29 is 4.52 Å². The van der Waals surface area contributed by atoms with E-state index in [0.717, 1.165) is 24.5 Å². The monoisotopic (exact) mass is 247 g/mol. The Hall–Kier alpha value is -1.69. The molecular formula is C12H17N5O. The molecule has 2 aromatic heterocycles. The van der Waals surface area contributed by atoms with Crippen LogP contribution < -0.4 is 5.32 Å². The predicted octanol–water partition coefficient (Wildman–Crippen LogP) is 1.67. The Morgan fingerprint density at radius 2 is 2.33 bits per heavy atom. The molecule has 96 valence electrons. The molecule has 1 saturated heterocycles. The third-order valence-electron chi connectivity index (χ3n) is 3.35. The van der Waals surface area contributed by atoms with Gasteiger partial charge in [0.05, 0.1) is 6.04 Å². The van der Waals surface area contributed by atoms with E-state index in [1.165, 1.54) is 19.3 Å². The van der Waals surface area contributed by atoms with Gasteiger partial charge in [-0.15, -0.1) is 0 Å². The van der Waals surface area contributed by atoms with Gasteiger partial charge in [0.25, 0.3) is 5.89 Å². The van der Waals surface area contributed by atoms with Crippen molar-refractivity contribution in [1.82, 2.24) is 25.2 Å². The van der Waals surface area contributed by atoms with E-state index < -0.39 is 0 Å². The summed E-state index contributed by atoms with van der Waals surface area (Å²) in [7, 11) is 1.86. The summed E-state index contributed by atoms with van der Waals surface area (Å²) in [5.41, 5.74) is 0.849. The molecule has 0 spiro atoms. The molecule has 18 heavy (non-hydrogen) atoms. The van der Waals surface area contributed by atoms with Crippen molar-refractivity contribution >= 4 is 0 Å². The molecule has 0 saturated carbocycles. The average molecular weight is 247 g/mol. The molecule has 0 aliphatic carbocycles. The average Bonchev–Trinajstić information content (AvgIpc) is 2.91. The fourth-order valence-corrected chi connectivity index (χ4v) is 2.31. The van der Waals surface area contributed by atoms with Crippen molar-refractivity contribution in [3.63, 3.8) is 0 Å². The van der Waals surface area contributed by atoms with E-state index in [-0.39, 0.29) is 6.04 Å². The summed E-state index contributed by atoms with van der Waals surface area (Å²) < 4.78 is 7.06. The summed E-state index contributed by atoms with van der Waals surface area (Å²) in [6.45, 7) is 1.03. The first kappa shape index (κ1) is 11.4. The molecule has 0 radical (unpaired) electrons. The van der Waals surface area contributed by atoms with Crippen LogP contribution in [-0.4, -0.2) is 26.5 Å². The summed E-state index contributed by atoms with van der Waals surface area (Å²) in [5, 5.41) is 11.7.